The number of hydrogen-bond donors (Lipinski definition) is 8. The van der Waals surface area contributed by atoms with Gasteiger partial charge in [0.25, 0.3) is 0 Å². The summed E-state index contributed by atoms with van der Waals surface area (Å²) in [5, 5.41) is 53.6. The van der Waals surface area contributed by atoms with Crippen LogP contribution in [-0.2, 0) is 64.4 Å². The van der Waals surface area contributed by atoms with Crippen LogP contribution in [0.25, 0.3) is 22.1 Å². The molecule has 2 aliphatic rings. The molecule has 2 fully saturated rings. The summed E-state index contributed by atoms with van der Waals surface area (Å²) in [5.74, 6) is -5.32. The van der Waals surface area contributed by atoms with Gasteiger partial charge in [0.1, 0.15) is 22.7 Å². The van der Waals surface area contributed by atoms with Gasteiger partial charge in [-0.15, -0.1) is 0 Å². The van der Waals surface area contributed by atoms with Crippen molar-refractivity contribution in [1.82, 2.24) is 49.5 Å². The highest BCUT2D eigenvalue weighted by molar-refractivity contribution is 5.90. The van der Waals surface area contributed by atoms with E-state index in [1.807, 2.05) is 50.8 Å². The second kappa shape index (κ2) is 31.8. The Morgan fingerprint density at radius 3 is 1.12 bits per heavy atom. The van der Waals surface area contributed by atoms with E-state index in [-0.39, 0.29) is 0 Å². The first-order valence-corrected chi connectivity index (χ1v) is 20.7. The minimum absolute atomic E-state index is 0.558. The topological polar surface area (TPSA) is 334 Å². The molecule has 6 rings (SSSR count). The molecule has 0 spiro atoms. The van der Waals surface area contributed by atoms with Crippen LogP contribution in [0.5, 0.6) is 0 Å². The van der Waals surface area contributed by atoms with Crippen LogP contribution in [0.2, 0.25) is 0 Å². The summed E-state index contributed by atoms with van der Waals surface area (Å²) in [4.78, 5) is 80.1. The number of imidazole rings is 2. The largest absolute Gasteiger partial charge is 0.478 e. The molecule has 0 bridgehead atoms. The van der Waals surface area contributed by atoms with Gasteiger partial charge in [-0.2, -0.15) is 0 Å². The zero-order chi connectivity index (χ0) is 48.7. The molecule has 0 atom stereocenters. The molecule has 6 heterocycles. The third-order valence-corrected chi connectivity index (χ3v) is 8.84. The number of fused-ring (bicyclic) bond motifs is 2. The Balaban J connectivity index is 0.000000309. The molecule has 4 aromatic heterocycles. The third-order valence-electron chi connectivity index (χ3n) is 8.84. The van der Waals surface area contributed by atoms with E-state index in [1.165, 1.54) is 0 Å². The molecular weight excluding hydrogens is 869 g/mol. The summed E-state index contributed by atoms with van der Waals surface area (Å²) in [6.07, 6.45) is 10.7. The number of hydrogen-bond acceptors (Lipinski definition) is 16. The van der Waals surface area contributed by atoms with Crippen LogP contribution in [0.3, 0.4) is 0 Å². The quantitative estimate of drug-likeness (QED) is 0.0507. The van der Waals surface area contributed by atoms with Crippen LogP contribution in [0, 0.1) is 0 Å². The molecule has 360 valence electrons. The van der Waals surface area contributed by atoms with Crippen molar-refractivity contribution in [3.8, 4) is 0 Å². The smallest absolute Gasteiger partial charge is 0.328 e. The zero-order valence-corrected chi connectivity index (χ0v) is 36.8. The molecular formula is C42H58N10O14. The Morgan fingerprint density at radius 1 is 0.545 bits per heavy atom. The van der Waals surface area contributed by atoms with E-state index in [9.17, 15) is 28.8 Å². The molecule has 66 heavy (non-hydrogen) atoms. The minimum atomic E-state index is -1.26. The number of carboxylic acids is 6. The first-order chi connectivity index (χ1) is 31.6. The second-order valence-electron chi connectivity index (χ2n) is 13.6. The maximum absolute atomic E-state index is 9.55. The number of rotatable bonds is 18. The maximum atomic E-state index is 9.55. The predicted molar refractivity (Wildman–Crippen MR) is 238 cm³/mol. The fourth-order valence-electron chi connectivity index (χ4n) is 5.97. The van der Waals surface area contributed by atoms with Crippen molar-refractivity contribution in [2.24, 2.45) is 0 Å². The first kappa shape index (κ1) is 55.2. The number of nitrogens with zero attached hydrogens (tertiary/aromatic N) is 8. The van der Waals surface area contributed by atoms with Gasteiger partial charge in [-0.1, -0.05) is 0 Å². The fraction of sp³-hybridized carbons (Fsp3) is 0.429. The molecule has 8 N–H and O–H groups in total. The Bertz CT molecular complexity index is 2000. The van der Waals surface area contributed by atoms with Gasteiger partial charge in [0.05, 0.1) is 49.7 Å². The van der Waals surface area contributed by atoms with Crippen LogP contribution >= 0.6 is 0 Å². The van der Waals surface area contributed by atoms with E-state index in [4.69, 9.17) is 50.1 Å². The molecule has 0 saturated carbocycles. The van der Waals surface area contributed by atoms with Crippen LogP contribution in [0.15, 0.2) is 73.4 Å². The molecule has 4 aromatic rings. The van der Waals surface area contributed by atoms with E-state index in [0.29, 0.717) is 36.5 Å². The highest BCUT2D eigenvalue weighted by Crippen LogP contribution is 2.18. The van der Waals surface area contributed by atoms with Crippen LogP contribution in [-0.4, -0.2) is 184 Å². The van der Waals surface area contributed by atoms with E-state index < -0.39 is 35.8 Å². The van der Waals surface area contributed by atoms with E-state index >= 15 is 0 Å². The Morgan fingerprint density at radius 2 is 0.848 bits per heavy atom. The van der Waals surface area contributed by atoms with Crippen molar-refractivity contribution in [3.63, 3.8) is 0 Å². The standard InChI is InChI=1S/2C15H23N5O.3C4H4O4/c2*1-2-21-10-9-20-14-3-4-17-11-13(14)18-15(20)12-19-7-5-16-6-8-19;3*5-3(6)1-2-4(7)8/h2*3-4,11,16H,2,5-10,12H2,1H3;3*1-2H,(H,5,6)(H,7,8). The summed E-state index contributed by atoms with van der Waals surface area (Å²) < 4.78 is 15.6. The molecule has 24 heteroatoms. The molecule has 0 unspecified atom stereocenters. The monoisotopic (exact) mass is 926 g/mol. The molecule has 0 amide bonds. The lowest BCUT2D eigenvalue weighted by atomic mass is 10.3. The highest BCUT2D eigenvalue weighted by Gasteiger charge is 2.17. The van der Waals surface area contributed by atoms with Gasteiger partial charge in [0.15, 0.2) is 0 Å². The van der Waals surface area contributed by atoms with Crippen molar-refractivity contribution in [2.45, 2.75) is 40.0 Å². The van der Waals surface area contributed by atoms with Crippen molar-refractivity contribution in [3.05, 3.63) is 85.0 Å². The number of aromatic nitrogens is 6. The minimum Gasteiger partial charge on any atom is -0.478 e. The summed E-state index contributed by atoms with van der Waals surface area (Å²) >= 11 is 0. The van der Waals surface area contributed by atoms with Gasteiger partial charge in [-0.25, -0.2) is 38.7 Å². The van der Waals surface area contributed by atoms with Crippen LogP contribution in [0.4, 0.5) is 0 Å². The lowest BCUT2D eigenvalue weighted by molar-refractivity contribution is -0.134. The van der Waals surface area contributed by atoms with E-state index in [2.05, 4.69) is 39.5 Å². The Hall–Kier alpha value is -6.96. The number of carbonyl (C=O) groups is 6. The van der Waals surface area contributed by atoms with Gasteiger partial charge in [-0.05, 0) is 26.0 Å². The summed E-state index contributed by atoms with van der Waals surface area (Å²) in [6, 6.07) is 4.07. The third kappa shape index (κ3) is 23.1. The average Bonchev–Trinajstić information content (AvgIpc) is 3.82. The summed E-state index contributed by atoms with van der Waals surface area (Å²) in [5.41, 5.74) is 4.24. The van der Waals surface area contributed by atoms with Crippen LogP contribution < -0.4 is 10.6 Å². The van der Waals surface area contributed by atoms with Gasteiger partial charge < -0.3 is 59.9 Å². The van der Waals surface area contributed by atoms with Gasteiger partial charge >= 0.3 is 35.8 Å². The molecule has 0 radical (unpaired) electrons. The number of ether oxygens (including phenoxy) is 2. The fourth-order valence-corrected chi connectivity index (χ4v) is 5.97. The SMILES string of the molecule is CCOCCn1c(CN2CCNCC2)nc2cnccc21.CCOCCn1c(CN2CCNCC2)nc2cnccc21.O=C(O)C=CC(=O)O.O=C(O)C=CC(=O)O.O=C(O)C=CC(=O)O. The number of carboxylic acid groups (broad SMARTS) is 6. The lowest BCUT2D eigenvalue weighted by Gasteiger charge is -2.27. The molecule has 2 aliphatic heterocycles. The molecule has 24 nitrogen and oxygen atoms in total. The predicted octanol–water partition coefficient (Wildman–Crippen LogP) is 0.881. The summed E-state index contributed by atoms with van der Waals surface area (Å²) in [7, 11) is 0. The van der Waals surface area contributed by atoms with Crippen LogP contribution in [0.1, 0.15) is 25.5 Å². The van der Waals surface area contributed by atoms with E-state index in [1.54, 1.807) is 0 Å². The van der Waals surface area contributed by atoms with Crippen molar-refractivity contribution in [1.29, 1.82) is 0 Å². The summed E-state index contributed by atoms with van der Waals surface area (Å²) in [6.45, 7) is 19.0. The van der Waals surface area contributed by atoms with Crippen molar-refractivity contribution >= 4 is 57.9 Å². The number of aliphatic carboxylic acids is 6. The van der Waals surface area contributed by atoms with Gasteiger partial charge in [0.2, 0.25) is 0 Å². The van der Waals surface area contributed by atoms with Gasteiger partial charge in [0, 0.05) is 128 Å². The maximum Gasteiger partial charge on any atom is 0.328 e. The molecule has 0 aromatic carbocycles. The Labute approximate surface area is 379 Å². The highest BCUT2D eigenvalue weighted by atomic mass is 16.5. The van der Waals surface area contributed by atoms with Crippen molar-refractivity contribution < 1.29 is 68.9 Å². The zero-order valence-electron chi connectivity index (χ0n) is 36.8. The average molecular weight is 927 g/mol. The normalized spacial score (nSPS) is 14.0. The second-order valence-corrected chi connectivity index (χ2v) is 13.6. The number of nitrogens with one attached hydrogen (secondary N) is 2. The lowest BCUT2D eigenvalue weighted by Crippen LogP contribution is -2.43. The molecule has 0 aliphatic carbocycles. The van der Waals surface area contributed by atoms with Crippen molar-refractivity contribution in [2.75, 3.05) is 78.8 Å². The first-order valence-electron chi connectivity index (χ1n) is 20.7. The van der Waals surface area contributed by atoms with Gasteiger partial charge in [-0.3, -0.25) is 19.8 Å². The van der Waals surface area contributed by atoms with E-state index in [0.717, 1.165) is 139 Å². The Kier molecular flexibility index (Phi) is 26.6. The number of pyridine rings is 2. The molecule has 2 saturated heterocycles. The number of piperazine rings is 2.